The Morgan fingerprint density at radius 2 is 0.507 bits per heavy atom. The maximum Gasteiger partial charge on any atom is 0.187 e. The van der Waals surface area contributed by atoms with Crippen molar-refractivity contribution in [3.8, 4) is 0 Å². The van der Waals surface area contributed by atoms with Gasteiger partial charge in [0.1, 0.15) is 110 Å². The molecule has 71 heavy (non-hydrogen) atoms. The van der Waals surface area contributed by atoms with Gasteiger partial charge in [0.2, 0.25) is 0 Å². The SMILES string of the molecule is CO[C@H]1OC[C@@H](OC)[C@H](O[C@@H]2O[C@@H](C)[C@H](OC)[C@@H](OC)[C@H]2OC)[C@H]1O[C@@H]1O[C@@H](C)[C@H](O[C@@H]2OC[C@@H](OC)[C@H](OC)[C@H]2OC)[C@@H](O[C@@H]2OC[C@@H](OC)[C@H](O[C@@H]3OC[C@@H](OC)[C@H](OC)[C@H]3OC)[C@H]2OC)[C@H]1OC. The molecule has 25 nitrogen and oxygen atoms in total. The Balaban J connectivity index is 1.34. The van der Waals surface area contributed by atoms with Gasteiger partial charge in [-0.1, -0.05) is 0 Å². The van der Waals surface area contributed by atoms with Crippen LogP contribution in [0.2, 0.25) is 0 Å². The lowest BCUT2D eigenvalue weighted by Crippen LogP contribution is -2.68. The van der Waals surface area contributed by atoms with E-state index in [1.807, 2.05) is 13.8 Å². The largest absolute Gasteiger partial charge is 0.376 e. The summed E-state index contributed by atoms with van der Waals surface area (Å²) in [5, 5.41) is 0. The molecule has 6 rings (SSSR count). The van der Waals surface area contributed by atoms with Gasteiger partial charge >= 0.3 is 0 Å². The minimum absolute atomic E-state index is 0.0173. The molecule has 25 heteroatoms. The first kappa shape index (κ1) is 59.2. The summed E-state index contributed by atoms with van der Waals surface area (Å²) < 4.78 is 155. The molecule has 416 valence electrons. The summed E-state index contributed by atoms with van der Waals surface area (Å²) in [7, 11) is 21.7. The molecule has 0 N–H and O–H groups in total. The van der Waals surface area contributed by atoms with E-state index in [1.165, 1.54) is 28.4 Å². The second kappa shape index (κ2) is 28.4. The smallest absolute Gasteiger partial charge is 0.187 e. The van der Waals surface area contributed by atoms with Gasteiger partial charge < -0.3 is 118 Å². The van der Waals surface area contributed by atoms with Gasteiger partial charge in [-0.2, -0.15) is 0 Å². The van der Waals surface area contributed by atoms with Crippen molar-refractivity contribution >= 4 is 0 Å². The summed E-state index contributed by atoms with van der Waals surface area (Å²) in [6.07, 6.45) is -20.9. The highest BCUT2D eigenvalue weighted by molar-refractivity contribution is 4.99. The summed E-state index contributed by atoms with van der Waals surface area (Å²) in [4.78, 5) is 0. The lowest BCUT2D eigenvalue weighted by Gasteiger charge is -2.51. The summed E-state index contributed by atoms with van der Waals surface area (Å²) in [6, 6.07) is 0. The summed E-state index contributed by atoms with van der Waals surface area (Å²) >= 11 is 0. The van der Waals surface area contributed by atoms with Crippen LogP contribution in [0.25, 0.3) is 0 Å². The van der Waals surface area contributed by atoms with Gasteiger partial charge in [-0.3, -0.25) is 0 Å². The Labute approximate surface area is 417 Å². The molecular weight excluding hydrogens is 952 g/mol. The van der Waals surface area contributed by atoms with Crippen molar-refractivity contribution in [1.82, 2.24) is 0 Å². The second-order valence-electron chi connectivity index (χ2n) is 17.9. The van der Waals surface area contributed by atoms with Gasteiger partial charge in [0.05, 0.1) is 38.6 Å². The van der Waals surface area contributed by atoms with Crippen LogP contribution in [0.15, 0.2) is 0 Å². The molecule has 6 aliphatic heterocycles. The van der Waals surface area contributed by atoms with E-state index in [-0.39, 0.29) is 26.4 Å². The summed E-state index contributed by atoms with van der Waals surface area (Å²) in [6.45, 7) is 4.08. The highest BCUT2D eigenvalue weighted by atomic mass is 16.8. The number of methoxy groups -OCH3 is 14. The van der Waals surface area contributed by atoms with Crippen LogP contribution in [-0.2, 0) is 118 Å². The average molecular weight is 1040 g/mol. The molecule has 6 heterocycles. The van der Waals surface area contributed by atoms with E-state index in [2.05, 4.69) is 0 Å². The lowest BCUT2D eigenvalue weighted by atomic mass is 9.96. The first-order chi connectivity index (χ1) is 34.4. The van der Waals surface area contributed by atoms with Crippen LogP contribution in [0, 0.1) is 0 Å². The standard InChI is InChI=1S/C46H82O25/c1-21-27(51-7)33(54-10)38(58-14)45(65-21)69-32-26(50-6)19-61-41(60-16)40(32)71-46-39(59-15)34(28(22(2)66-46)67-42-35(55-11)29(52-8)23(47-3)17-62-42)70-44-37(57-13)31(25(49-5)20-64-44)68-43-36(56-12)30(53-9)24(48-4)18-63-43/h21-46H,17-20H2,1-16H3/t21-,22-,23+,24+,25+,26+,27-,28-,29-,30-,31-,32-,33+,34+,35+,36+,37+,38+,39+,40+,41-,42-,43-,44-,45-,46-/m0/s1. The molecule has 0 unspecified atom stereocenters. The van der Waals surface area contributed by atoms with Crippen LogP contribution in [0.1, 0.15) is 13.8 Å². The first-order valence-corrected chi connectivity index (χ1v) is 23.9. The van der Waals surface area contributed by atoms with Gasteiger partial charge in [-0.15, -0.1) is 0 Å². The van der Waals surface area contributed by atoms with Crippen molar-refractivity contribution in [3.63, 3.8) is 0 Å². The Hall–Kier alpha value is -1.00. The van der Waals surface area contributed by atoms with Crippen LogP contribution in [0.5, 0.6) is 0 Å². The number of hydrogen-bond donors (Lipinski definition) is 0. The molecule has 0 amide bonds. The lowest BCUT2D eigenvalue weighted by molar-refractivity contribution is -0.404. The fourth-order valence-corrected chi connectivity index (χ4v) is 10.5. The number of hydrogen-bond acceptors (Lipinski definition) is 25. The maximum atomic E-state index is 7.08. The Kier molecular flexibility index (Phi) is 23.7. The van der Waals surface area contributed by atoms with E-state index in [4.69, 9.17) is 118 Å². The molecule has 0 aromatic rings. The molecule has 0 radical (unpaired) electrons. The predicted molar refractivity (Wildman–Crippen MR) is 239 cm³/mol. The quantitative estimate of drug-likeness (QED) is 0.121. The normalized spacial score (nSPS) is 46.8. The third-order valence-electron chi connectivity index (χ3n) is 14.3. The Bertz CT molecular complexity index is 1510. The van der Waals surface area contributed by atoms with Gasteiger partial charge in [0, 0.05) is 99.5 Å². The summed E-state index contributed by atoms with van der Waals surface area (Å²) in [5.74, 6) is 0. The maximum absolute atomic E-state index is 7.08. The van der Waals surface area contributed by atoms with E-state index in [9.17, 15) is 0 Å². The summed E-state index contributed by atoms with van der Waals surface area (Å²) in [5.41, 5.74) is 0. The van der Waals surface area contributed by atoms with Crippen molar-refractivity contribution in [1.29, 1.82) is 0 Å². The van der Waals surface area contributed by atoms with Crippen molar-refractivity contribution in [2.45, 2.75) is 174 Å². The van der Waals surface area contributed by atoms with Crippen LogP contribution in [0.4, 0.5) is 0 Å². The van der Waals surface area contributed by atoms with Crippen LogP contribution < -0.4 is 0 Å². The molecule has 6 fully saturated rings. The molecule has 6 saturated heterocycles. The highest BCUT2D eigenvalue weighted by Crippen LogP contribution is 2.39. The van der Waals surface area contributed by atoms with Crippen molar-refractivity contribution < 1.29 is 118 Å². The molecule has 0 saturated carbocycles. The fourth-order valence-electron chi connectivity index (χ4n) is 10.5. The molecule has 0 spiro atoms. The zero-order valence-corrected chi connectivity index (χ0v) is 44.0. The Morgan fingerprint density at radius 1 is 0.225 bits per heavy atom. The van der Waals surface area contributed by atoms with E-state index in [0.29, 0.717) is 0 Å². The monoisotopic (exact) mass is 1030 g/mol. The zero-order chi connectivity index (χ0) is 51.5. The van der Waals surface area contributed by atoms with Gasteiger partial charge in [0.15, 0.2) is 37.7 Å². The van der Waals surface area contributed by atoms with E-state index < -0.39 is 160 Å². The van der Waals surface area contributed by atoms with E-state index >= 15 is 0 Å². The van der Waals surface area contributed by atoms with Crippen LogP contribution >= 0.6 is 0 Å². The topological polar surface area (TPSA) is 231 Å². The van der Waals surface area contributed by atoms with Crippen LogP contribution in [0.3, 0.4) is 0 Å². The molecule has 0 aliphatic carbocycles. The first-order valence-electron chi connectivity index (χ1n) is 23.9. The van der Waals surface area contributed by atoms with Crippen LogP contribution in [-0.4, -0.2) is 286 Å². The second-order valence-corrected chi connectivity index (χ2v) is 17.9. The molecule has 0 bridgehead atoms. The third kappa shape index (κ3) is 12.9. The van der Waals surface area contributed by atoms with Gasteiger partial charge in [-0.05, 0) is 13.8 Å². The highest BCUT2D eigenvalue weighted by Gasteiger charge is 2.58. The fraction of sp³-hybridized carbons (Fsp3) is 1.00. The van der Waals surface area contributed by atoms with E-state index in [1.54, 1.807) is 71.1 Å². The van der Waals surface area contributed by atoms with Crippen molar-refractivity contribution in [2.24, 2.45) is 0 Å². The van der Waals surface area contributed by atoms with E-state index in [0.717, 1.165) is 0 Å². The molecule has 0 aromatic carbocycles. The third-order valence-corrected chi connectivity index (χ3v) is 14.3. The Morgan fingerprint density at radius 3 is 0.901 bits per heavy atom. The van der Waals surface area contributed by atoms with Crippen molar-refractivity contribution in [3.05, 3.63) is 0 Å². The zero-order valence-electron chi connectivity index (χ0n) is 44.0. The van der Waals surface area contributed by atoms with Gasteiger partial charge in [0.25, 0.3) is 0 Å². The molecule has 0 aromatic heterocycles. The molecule has 6 aliphatic rings. The number of ether oxygens (including phenoxy) is 25. The molecular formula is C46H82O25. The minimum Gasteiger partial charge on any atom is -0.376 e. The average Bonchev–Trinajstić information content (AvgIpc) is 3.39. The van der Waals surface area contributed by atoms with Crippen molar-refractivity contribution in [2.75, 3.05) is 126 Å². The van der Waals surface area contributed by atoms with Gasteiger partial charge in [-0.25, -0.2) is 0 Å². The minimum atomic E-state index is -1.22. The number of rotatable bonds is 24. The molecule has 26 atom stereocenters. The predicted octanol–water partition coefficient (Wildman–Crippen LogP) is -0.331.